The van der Waals surface area contributed by atoms with Crippen molar-refractivity contribution >= 4 is 17.1 Å². The Balaban J connectivity index is 3.02. The van der Waals surface area contributed by atoms with Gasteiger partial charge in [0.05, 0.1) is 0 Å². The summed E-state index contributed by atoms with van der Waals surface area (Å²) in [6.45, 7) is 0. The molecule has 0 spiro atoms. The van der Waals surface area contributed by atoms with Crippen LogP contribution >= 0.6 is 0 Å². The van der Waals surface area contributed by atoms with E-state index in [1.807, 2.05) is 0 Å². The van der Waals surface area contributed by atoms with Crippen LogP contribution in [-0.2, 0) is 0 Å². The second-order valence-electron chi connectivity index (χ2n) is 2.11. The number of nitrogens with one attached hydrogen (secondary N) is 3. The number of aromatic amines is 3. The molecule has 0 fully saturated rings. The van der Waals surface area contributed by atoms with E-state index in [1.165, 1.54) is 6.33 Å². The second kappa shape index (κ2) is 1.82. The van der Waals surface area contributed by atoms with Gasteiger partial charge in [0.15, 0.2) is 6.33 Å². The maximum Gasteiger partial charge on any atom is 0.309 e. The van der Waals surface area contributed by atoms with Crippen molar-refractivity contribution in [2.45, 2.75) is 0 Å². The predicted molar refractivity (Wildman–Crippen MR) is 37.7 cm³/mol. The first-order valence-electron chi connectivity index (χ1n) is 3.02. The maximum atomic E-state index is 11.0. The average molecular weight is 152 g/mol. The molecule has 2 heterocycles. The Morgan fingerprint density at radius 3 is 3.27 bits per heavy atom. The van der Waals surface area contributed by atoms with Crippen LogP contribution in [0, 0.1) is 0 Å². The molecule has 0 saturated heterocycles. The highest BCUT2D eigenvalue weighted by molar-refractivity contribution is 5.65. The van der Waals surface area contributed by atoms with Crippen LogP contribution in [0.1, 0.15) is 0 Å². The van der Waals surface area contributed by atoms with Gasteiger partial charge in [-0.1, -0.05) is 4.98 Å². The molecule has 0 aliphatic rings. The first-order valence-corrected chi connectivity index (χ1v) is 3.02. The van der Waals surface area contributed by atoms with Gasteiger partial charge in [0, 0.05) is 0 Å². The van der Waals surface area contributed by atoms with E-state index < -0.39 is 0 Å². The normalized spacial score (nSPS) is 10.5. The molecule has 56 valence electrons. The van der Waals surface area contributed by atoms with Crippen LogP contribution in [-0.4, -0.2) is 15.0 Å². The number of nitrogen functional groups attached to an aromatic ring is 1. The molecule has 0 radical (unpaired) electrons. The van der Waals surface area contributed by atoms with Crippen molar-refractivity contribution in [1.29, 1.82) is 0 Å². The van der Waals surface area contributed by atoms with Crippen molar-refractivity contribution in [3.8, 4) is 0 Å². The van der Waals surface area contributed by atoms with E-state index >= 15 is 0 Å². The topological polar surface area (TPSA) is 102 Å². The van der Waals surface area contributed by atoms with Crippen molar-refractivity contribution in [2.24, 2.45) is 0 Å². The van der Waals surface area contributed by atoms with Crippen LogP contribution in [0.15, 0.2) is 11.1 Å². The number of nitrogens with two attached hydrogens (primary N) is 1. The molecule has 0 bridgehead atoms. The highest BCUT2D eigenvalue weighted by Crippen LogP contribution is 1.94. The molecule has 0 amide bonds. The highest BCUT2D eigenvalue weighted by atomic mass is 16.1. The van der Waals surface area contributed by atoms with E-state index in [-0.39, 0.29) is 11.5 Å². The lowest BCUT2D eigenvalue weighted by molar-refractivity contribution is -0.347. The minimum Gasteiger partial charge on any atom is -0.355 e. The van der Waals surface area contributed by atoms with Gasteiger partial charge >= 0.3 is 5.65 Å². The molecule has 0 aliphatic carbocycles. The number of hydrogen-bond acceptors (Lipinski definition) is 3. The van der Waals surface area contributed by atoms with Crippen molar-refractivity contribution in [3.63, 3.8) is 0 Å². The lowest BCUT2D eigenvalue weighted by Gasteiger charge is -1.82. The monoisotopic (exact) mass is 152 g/mol. The Labute approximate surface area is 60.5 Å². The smallest absolute Gasteiger partial charge is 0.309 e. The zero-order chi connectivity index (χ0) is 7.84. The molecule has 11 heavy (non-hydrogen) atoms. The zero-order valence-electron chi connectivity index (χ0n) is 5.51. The molecule has 2 rings (SSSR count). The minimum absolute atomic E-state index is 0.110. The van der Waals surface area contributed by atoms with E-state index in [4.69, 9.17) is 5.73 Å². The van der Waals surface area contributed by atoms with E-state index in [9.17, 15) is 4.79 Å². The number of aromatic nitrogens is 4. The van der Waals surface area contributed by atoms with Crippen LogP contribution in [0.3, 0.4) is 0 Å². The third-order valence-electron chi connectivity index (χ3n) is 1.36. The minimum atomic E-state index is -0.270. The Kier molecular flexibility index (Phi) is 0.974. The largest absolute Gasteiger partial charge is 0.355 e. The van der Waals surface area contributed by atoms with Crippen LogP contribution in [0.5, 0.6) is 0 Å². The molecular weight excluding hydrogens is 146 g/mol. The van der Waals surface area contributed by atoms with Gasteiger partial charge in [-0.25, -0.2) is 4.98 Å². The summed E-state index contributed by atoms with van der Waals surface area (Å²) >= 11 is 0. The molecule has 0 saturated carbocycles. The second-order valence-corrected chi connectivity index (χ2v) is 2.11. The van der Waals surface area contributed by atoms with Gasteiger partial charge in [0.1, 0.15) is 0 Å². The van der Waals surface area contributed by atoms with Gasteiger partial charge in [-0.2, -0.15) is 0 Å². The fourth-order valence-corrected chi connectivity index (χ4v) is 0.906. The van der Waals surface area contributed by atoms with Crippen LogP contribution < -0.4 is 16.3 Å². The van der Waals surface area contributed by atoms with Gasteiger partial charge in [-0.15, -0.1) is 0 Å². The number of rotatable bonds is 0. The van der Waals surface area contributed by atoms with E-state index in [0.717, 1.165) is 0 Å². The number of hydrogen-bond donors (Lipinski definition) is 3. The molecule has 0 unspecified atom stereocenters. The summed E-state index contributed by atoms with van der Waals surface area (Å²) in [6, 6.07) is 0. The summed E-state index contributed by atoms with van der Waals surface area (Å²) < 4.78 is 0. The lowest BCUT2D eigenvalue weighted by atomic mass is 10.5. The molecule has 2 aromatic heterocycles. The first kappa shape index (κ1) is 5.90. The predicted octanol–water partition coefficient (Wildman–Crippen LogP) is -1.35. The van der Waals surface area contributed by atoms with E-state index in [1.54, 1.807) is 0 Å². The van der Waals surface area contributed by atoms with Gasteiger partial charge in [0.2, 0.25) is 5.52 Å². The number of imidazole rings is 1. The molecule has 5 N–H and O–H groups in total. The fourth-order valence-electron chi connectivity index (χ4n) is 0.906. The summed E-state index contributed by atoms with van der Waals surface area (Å²) in [6.07, 6.45) is 1.52. The summed E-state index contributed by atoms with van der Waals surface area (Å²) in [5, 5.41) is 0. The van der Waals surface area contributed by atoms with Gasteiger partial charge < -0.3 is 5.73 Å². The third kappa shape index (κ3) is 0.759. The van der Waals surface area contributed by atoms with E-state index in [2.05, 4.69) is 19.9 Å². The number of H-pyrrole nitrogens is 3. The molecule has 2 aromatic rings. The summed E-state index contributed by atoms with van der Waals surface area (Å²) in [4.78, 5) is 22.7. The molecule has 6 nitrogen and oxygen atoms in total. The number of anilines is 1. The van der Waals surface area contributed by atoms with Crippen molar-refractivity contribution < 1.29 is 4.98 Å². The van der Waals surface area contributed by atoms with Gasteiger partial charge in [0.25, 0.3) is 11.5 Å². The Bertz CT molecular complexity index is 441. The lowest BCUT2D eigenvalue weighted by Crippen LogP contribution is -2.13. The summed E-state index contributed by atoms with van der Waals surface area (Å²) in [5.74, 6) is 0.110. The zero-order valence-corrected chi connectivity index (χ0v) is 5.51. The quantitative estimate of drug-likeness (QED) is 0.434. The van der Waals surface area contributed by atoms with Crippen molar-refractivity contribution in [1.82, 2.24) is 15.0 Å². The maximum absolute atomic E-state index is 11.0. The SMILES string of the molecule is Nc1nc2[nH+]c[nH]c2c(=O)[nH]1. The Morgan fingerprint density at radius 1 is 1.64 bits per heavy atom. The summed E-state index contributed by atoms with van der Waals surface area (Å²) in [7, 11) is 0. The highest BCUT2D eigenvalue weighted by Gasteiger charge is 2.08. The number of nitrogens with zero attached hydrogens (tertiary/aromatic N) is 1. The molecule has 0 atom stereocenters. The van der Waals surface area contributed by atoms with Crippen molar-refractivity contribution in [2.75, 3.05) is 5.73 Å². The molecule has 0 aromatic carbocycles. The fraction of sp³-hybridized carbons (Fsp3) is 0. The van der Waals surface area contributed by atoms with E-state index in [0.29, 0.717) is 11.2 Å². The summed E-state index contributed by atoms with van der Waals surface area (Å²) in [5.41, 5.74) is 5.88. The molecule has 0 aliphatic heterocycles. The van der Waals surface area contributed by atoms with Crippen LogP contribution in [0.25, 0.3) is 11.2 Å². The Morgan fingerprint density at radius 2 is 2.45 bits per heavy atom. The van der Waals surface area contributed by atoms with Gasteiger partial charge in [-0.3, -0.25) is 14.8 Å². The molecular formula is C5H6N5O+. The first-order chi connectivity index (χ1) is 5.27. The third-order valence-corrected chi connectivity index (χ3v) is 1.36. The standard InChI is InChI=1S/C5H5N5O/c6-5-9-3-2(4(11)10-5)7-1-8-3/h1H,(H4,6,7,8,9,10,11)/p+1. The number of fused-ring (bicyclic) bond motifs is 1. The van der Waals surface area contributed by atoms with Crippen LogP contribution in [0.4, 0.5) is 5.95 Å². The van der Waals surface area contributed by atoms with Crippen LogP contribution in [0.2, 0.25) is 0 Å². The Hall–Kier alpha value is -1.85. The van der Waals surface area contributed by atoms with Gasteiger partial charge in [-0.05, 0) is 0 Å². The van der Waals surface area contributed by atoms with Crippen molar-refractivity contribution in [3.05, 3.63) is 16.7 Å². The average Bonchev–Trinajstić information content (AvgIpc) is 2.34. The molecule has 6 heteroatoms.